The summed E-state index contributed by atoms with van der Waals surface area (Å²) in [7, 11) is -2.15. The van der Waals surface area contributed by atoms with E-state index in [2.05, 4.69) is 20.4 Å². The summed E-state index contributed by atoms with van der Waals surface area (Å²) in [6, 6.07) is 4.05. The van der Waals surface area contributed by atoms with Gasteiger partial charge in [-0.2, -0.15) is 0 Å². The maximum Gasteiger partial charge on any atom is 0.243 e. The van der Waals surface area contributed by atoms with Crippen molar-refractivity contribution < 1.29 is 12.8 Å². The summed E-state index contributed by atoms with van der Waals surface area (Å²) in [5.41, 5.74) is 0.677. The number of hydrogen-bond donors (Lipinski definition) is 2. The molecule has 2 N–H and O–H groups in total. The minimum absolute atomic E-state index is 0.101. The molecule has 114 valence electrons. The smallest absolute Gasteiger partial charge is 0.243 e. The number of sulfonamides is 1. The number of benzene rings is 1. The van der Waals surface area contributed by atoms with E-state index >= 15 is 0 Å². The standard InChI is InChI=1S/C12H16FN5O2S/c1-14-9-10-2-3-12(11(13)8-10)21(19,20)16-5-7-18-6-4-15-17-18/h2-4,6,8,14,16H,5,7,9H2,1H3. The Balaban J connectivity index is 2.04. The Labute approximate surface area is 122 Å². The molecule has 2 aromatic rings. The zero-order chi connectivity index (χ0) is 15.3. The number of nitrogens with zero attached hydrogens (tertiary/aromatic N) is 3. The summed E-state index contributed by atoms with van der Waals surface area (Å²) in [5.74, 6) is -0.768. The van der Waals surface area contributed by atoms with Crippen molar-refractivity contribution in [3.8, 4) is 0 Å². The van der Waals surface area contributed by atoms with Crippen LogP contribution in [-0.2, 0) is 23.1 Å². The van der Waals surface area contributed by atoms with Crippen LogP contribution < -0.4 is 10.0 Å². The fraction of sp³-hybridized carbons (Fsp3) is 0.333. The molecule has 0 radical (unpaired) electrons. The fourth-order valence-corrected chi connectivity index (χ4v) is 2.88. The van der Waals surface area contributed by atoms with Crippen LogP contribution in [0.5, 0.6) is 0 Å². The molecule has 0 spiro atoms. The molecule has 0 amide bonds. The van der Waals surface area contributed by atoms with Crippen molar-refractivity contribution in [2.45, 2.75) is 18.0 Å². The molecule has 1 aromatic carbocycles. The first-order valence-corrected chi connectivity index (χ1v) is 7.78. The minimum atomic E-state index is -3.88. The topological polar surface area (TPSA) is 88.9 Å². The van der Waals surface area contributed by atoms with Crippen LogP contribution in [0.2, 0.25) is 0 Å². The van der Waals surface area contributed by atoms with Gasteiger partial charge in [0.15, 0.2) is 0 Å². The largest absolute Gasteiger partial charge is 0.316 e. The van der Waals surface area contributed by atoms with Gasteiger partial charge in [-0.05, 0) is 24.7 Å². The van der Waals surface area contributed by atoms with Crippen LogP contribution in [-0.4, -0.2) is 37.0 Å². The first-order valence-electron chi connectivity index (χ1n) is 6.30. The van der Waals surface area contributed by atoms with Crippen LogP contribution in [0.15, 0.2) is 35.5 Å². The van der Waals surface area contributed by atoms with Crippen LogP contribution in [0.4, 0.5) is 4.39 Å². The number of nitrogens with one attached hydrogen (secondary N) is 2. The van der Waals surface area contributed by atoms with Gasteiger partial charge in [0.05, 0.1) is 12.7 Å². The van der Waals surface area contributed by atoms with Crippen LogP contribution >= 0.6 is 0 Å². The molecular weight excluding hydrogens is 297 g/mol. The van der Waals surface area contributed by atoms with Crippen molar-refractivity contribution in [2.75, 3.05) is 13.6 Å². The van der Waals surface area contributed by atoms with Crippen molar-refractivity contribution in [1.29, 1.82) is 0 Å². The molecule has 1 heterocycles. The van der Waals surface area contributed by atoms with Gasteiger partial charge in [-0.25, -0.2) is 17.5 Å². The first kappa shape index (κ1) is 15.5. The number of aromatic nitrogens is 3. The molecule has 7 nitrogen and oxygen atoms in total. The van der Waals surface area contributed by atoms with E-state index in [-0.39, 0.29) is 11.4 Å². The molecule has 0 aliphatic carbocycles. The van der Waals surface area contributed by atoms with E-state index < -0.39 is 15.8 Å². The molecule has 0 fully saturated rings. The van der Waals surface area contributed by atoms with Gasteiger partial charge in [0.25, 0.3) is 0 Å². The predicted octanol–water partition coefficient (Wildman–Crippen LogP) is 0.115. The Morgan fingerprint density at radius 3 is 2.81 bits per heavy atom. The quantitative estimate of drug-likeness (QED) is 0.758. The van der Waals surface area contributed by atoms with E-state index in [0.717, 1.165) is 0 Å². The highest BCUT2D eigenvalue weighted by atomic mass is 32.2. The van der Waals surface area contributed by atoms with Gasteiger partial charge in [-0.3, -0.25) is 4.68 Å². The Kier molecular flexibility index (Phi) is 4.99. The Morgan fingerprint density at radius 2 is 2.19 bits per heavy atom. The fourth-order valence-electron chi connectivity index (χ4n) is 1.80. The summed E-state index contributed by atoms with van der Waals surface area (Å²) in [6.07, 6.45) is 3.11. The molecule has 0 saturated carbocycles. The van der Waals surface area contributed by atoms with Gasteiger partial charge in [0.2, 0.25) is 10.0 Å². The molecule has 2 rings (SSSR count). The summed E-state index contributed by atoms with van der Waals surface area (Å²) in [4.78, 5) is -0.360. The van der Waals surface area contributed by atoms with Crippen molar-refractivity contribution in [2.24, 2.45) is 0 Å². The summed E-state index contributed by atoms with van der Waals surface area (Å²) < 4.78 is 41.8. The van der Waals surface area contributed by atoms with Crippen molar-refractivity contribution >= 4 is 10.0 Å². The second kappa shape index (κ2) is 6.74. The average Bonchev–Trinajstić information content (AvgIpc) is 2.92. The van der Waals surface area contributed by atoms with E-state index in [1.54, 1.807) is 19.3 Å². The molecule has 0 aliphatic rings. The van der Waals surface area contributed by atoms with Gasteiger partial charge in [-0.1, -0.05) is 11.3 Å². The van der Waals surface area contributed by atoms with E-state index in [4.69, 9.17) is 0 Å². The molecule has 0 bridgehead atoms. The normalized spacial score (nSPS) is 11.7. The van der Waals surface area contributed by atoms with Gasteiger partial charge in [-0.15, -0.1) is 5.10 Å². The minimum Gasteiger partial charge on any atom is -0.316 e. The van der Waals surface area contributed by atoms with Crippen molar-refractivity contribution in [1.82, 2.24) is 25.0 Å². The maximum absolute atomic E-state index is 13.9. The number of hydrogen-bond acceptors (Lipinski definition) is 5. The SMILES string of the molecule is CNCc1ccc(S(=O)(=O)NCCn2ccnn2)c(F)c1. The van der Waals surface area contributed by atoms with E-state index in [1.807, 2.05) is 0 Å². The highest BCUT2D eigenvalue weighted by Crippen LogP contribution is 2.15. The van der Waals surface area contributed by atoms with Crippen LogP contribution in [0.3, 0.4) is 0 Å². The molecule has 9 heteroatoms. The molecule has 0 aliphatic heterocycles. The zero-order valence-electron chi connectivity index (χ0n) is 11.5. The molecule has 1 aromatic heterocycles. The lowest BCUT2D eigenvalue weighted by Crippen LogP contribution is -2.28. The van der Waals surface area contributed by atoms with Crippen molar-refractivity contribution in [3.63, 3.8) is 0 Å². The van der Waals surface area contributed by atoms with Gasteiger partial charge in [0, 0.05) is 19.3 Å². The van der Waals surface area contributed by atoms with Crippen LogP contribution in [0.25, 0.3) is 0 Å². The molecular formula is C12H16FN5O2S. The van der Waals surface area contributed by atoms with Gasteiger partial charge in [0.1, 0.15) is 10.7 Å². The average molecular weight is 313 g/mol. The van der Waals surface area contributed by atoms with E-state index in [0.29, 0.717) is 18.7 Å². The Morgan fingerprint density at radius 1 is 1.38 bits per heavy atom. The zero-order valence-corrected chi connectivity index (χ0v) is 12.3. The second-order valence-electron chi connectivity index (χ2n) is 4.36. The highest BCUT2D eigenvalue weighted by Gasteiger charge is 2.18. The second-order valence-corrected chi connectivity index (χ2v) is 6.09. The number of halogens is 1. The molecule has 0 unspecified atom stereocenters. The Hall–Kier alpha value is -1.84. The Bertz CT molecular complexity index is 688. The van der Waals surface area contributed by atoms with E-state index in [1.165, 1.54) is 23.0 Å². The van der Waals surface area contributed by atoms with Gasteiger partial charge < -0.3 is 5.32 Å². The van der Waals surface area contributed by atoms with Gasteiger partial charge >= 0.3 is 0 Å². The highest BCUT2D eigenvalue weighted by molar-refractivity contribution is 7.89. The first-order chi connectivity index (χ1) is 10.0. The lowest BCUT2D eigenvalue weighted by molar-refractivity contribution is 0.540. The molecule has 0 atom stereocenters. The molecule has 0 saturated heterocycles. The maximum atomic E-state index is 13.9. The third-order valence-electron chi connectivity index (χ3n) is 2.77. The summed E-state index contributed by atoms with van der Waals surface area (Å²) >= 11 is 0. The number of rotatable bonds is 7. The summed E-state index contributed by atoms with van der Waals surface area (Å²) in [6.45, 7) is 0.888. The van der Waals surface area contributed by atoms with Crippen molar-refractivity contribution in [3.05, 3.63) is 42.0 Å². The van der Waals surface area contributed by atoms with E-state index in [9.17, 15) is 12.8 Å². The summed E-state index contributed by atoms with van der Waals surface area (Å²) in [5, 5.41) is 10.2. The predicted molar refractivity (Wildman–Crippen MR) is 74.4 cm³/mol. The van der Waals surface area contributed by atoms with Crippen LogP contribution in [0, 0.1) is 5.82 Å². The lowest BCUT2D eigenvalue weighted by Gasteiger charge is -2.09. The third kappa shape index (κ3) is 4.06. The third-order valence-corrected chi connectivity index (χ3v) is 4.27. The monoisotopic (exact) mass is 313 g/mol. The van der Waals surface area contributed by atoms with Crippen LogP contribution in [0.1, 0.15) is 5.56 Å². The molecule has 21 heavy (non-hydrogen) atoms. The lowest BCUT2D eigenvalue weighted by atomic mass is 10.2.